The summed E-state index contributed by atoms with van der Waals surface area (Å²) in [6.45, 7) is 0. The first-order valence-corrected chi connectivity index (χ1v) is 16.8. The molecule has 2 nitrogen and oxygen atoms in total. The molecule has 8 aromatic rings. The summed E-state index contributed by atoms with van der Waals surface area (Å²) in [7, 11) is 0. The molecule has 0 amide bonds. The van der Waals surface area contributed by atoms with Crippen LogP contribution in [-0.2, 0) is 0 Å². The van der Waals surface area contributed by atoms with Gasteiger partial charge in [-0.05, 0) is 75.3 Å². The SMILES string of the molecule is c1ccc(-c2cccc(N3c4ccccc4C4c5ccccc5-c5c(n(-c6cccc(-c7ccccc7)c6)c6ccccc56)C43)c2)cc1. The summed E-state index contributed by atoms with van der Waals surface area (Å²) in [5, 5.41) is 1.29. The van der Waals surface area contributed by atoms with Crippen molar-refractivity contribution in [2.75, 3.05) is 4.90 Å². The van der Waals surface area contributed by atoms with Gasteiger partial charge >= 0.3 is 0 Å². The fraction of sp³-hybridized carbons (Fsp3) is 0.0435. The minimum Gasteiger partial charge on any atom is -0.331 e. The molecule has 0 spiro atoms. The van der Waals surface area contributed by atoms with Gasteiger partial charge in [-0.15, -0.1) is 0 Å². The second-order valence-electron chi connectivity index (χ2n) is 12.9. The van der Waals surface area contributed by atoms with Gasteiger partial charge in [-0.25, -0.2) is 0 Å². The fourth-order valence-corrected chi connectivity index (χ4v) is 8.37. The van der Waals surface area contributed by atoms with E-state index in [2.05, 4.69) is 191 Å². The van der Waals surface area contributed by atoms with Gasteiger partial charge in [0.25, 0.3) is 0 Å². The number of fused-ring (bicyclic) bond motifs is 10. The molecule has 0 saturated heterocycles. The van der Waals surface area contributed by atoms with E-state index in [0.29, 0.717) is 0 Å². The van der Waals surface area contributed by atoms with Crippen molar-refractivity contribution in [3.63, 3.8) is 0 Å². The third-order valence-electron chi connectivity index (χ3n) is 10.3. The first kappa shape index (κ1) is 27.0. The summed E-state index contributed by atoms with van der Waals surface area (Å²) in [5.41, 5.74) is 16.6. The van der Waals surface area contributed by atoms with Crippen LogP contribution in [-0.4, -0.2) is 4.57 Å². The van der Waals surface area contributed by atoms with Gasteiger partial charge in [0, 0.05) is 33.9 Å². The molecule has 7 aromatic carbocycles. The van der Waals surface area contributed by atoms with Crippen molar-refractivity contribution >= 4 is 22.3 Å². The van der Waals surface area contributed by atoms with E-state index in [1.165, 1.54) is 78.2 Å². The van der Waals surface area contributed by atoms with Crippen molar-refractivity contribution in [3.8, 4) is 39.1 Å². The van der Waals surface area contributed by atoms with Gasteiger partial charge in [0.1, 0.15) is 0 Å². The molecule has 48 heavy (non-hydrogen) atoms. The molecular formula is C46H32N2. The van der Waals surface area contributed by atoms with E-state index < -0.39 is 0 Å². The predicted octanol–water partition coefficient (Wildman–Crippen LogP) is 12.0. The Balaban J connectivity index is 1.28. The molecule has 2 unspecified atom stereocenters. The zero-order valence-electron chi connectivity index (χ0n) is 26.4. The van der Waals surface area contributed by atoms with Crippen LogP contribution in [0.3, 0.4) is 0 Å². The van der Waals surface area contributed by atoms with Crippen molar-refractivity contribution in [1.82, 2.24) is 4.57 Å². The first-order chi connectivity index (χ1) is 23.8. The number of rotatable bonds is 4. The van der Waals surface area contributed by atoms with Crippen LogP contribution < -0.4 is 4.90 Å². The van der Waals surface area contributed by atoms with Crippen LogP contribution in [0.4, 0.5) is 11.4 Å². The van der Waals surface area contributed by atoms with Crippen LogP contribution in [0.25, 0.3) is 50.0 Å². The lowest BCUT2D eigenvalue weighted by atomic mass is 9.76. The maximum atomic E-state index is 2.62. The smallest absolute Gasteiger partial charge is 0.0863 e. The highest BCUT2D eigenvalue weighted by atomic mass is 15.2. The van der Waals surface area contributed by atoms with E-state index in [1.807, 2.05) is 0 Å². The van der Waals surface area contributed by atoms with E-state index in [0.717, 1.165) is 0 Å². The Labute approximate surface area is 280 Å². The molecule has 2 atom stereocenters. The molecule has 226 valence electrons. The number of benzene rings is 7. The van der Waals surface area contributed by atoms with Crippen LogP contribution in [0.15, 0.2) is 182 Å². The number of hydrogen-bond donors (Lipinski definition) is 0. The van der Waals surface area contributed by atoms with Crippen LogP contribution in [0.2, 0.25) is 0 Å². The van der Waals surface area contributed by atoms with Gasteiger partial charge in [-0.3, -0.25) is 0 Å². The molecule has 0 fully saturated rings. The normalized spacial score (nSPS) is 15.9. The molecule has 2 heterocycles. The lowest BCUT2D eigenvalue weighted by Crippen LogP contribution is -2.28. The summed E-state index contributed by atoms with van der Waals surface area (Å²) in [6, 6.07) is 66.8. The third kappa shape index (κ3) is 3.99. The second kappa shape index (κ2) is 10.7. The van der Waals surface area contributed by atoms with Gasteiger partial charge in [-0.2, -0.15) is 0 Å². The molecule has 2 heteroatoms. The Kier molecular flexibility index (Phi) is 6.04. The summed E-state index contributed by atoms with van der Waals surface area (Å²) in [6.07, 6.45) is 0. The summed E-state index contributed by atoms with van der Waals surface area (Å²) >= 11 is 0. The minimum absolute atomic E-state index is 0.0473. The Hall–Kier alpha value is -6.12. The largest absolute Gasteiger partial charge is 0.331 e. The maximum absolute atomic E-state index is 2.62. The predicted molar refractivity (Wildman–Crippen MR) is 199 cm³/mol. The maximum Gasteiger partial charge on any atom is 0.0863 e. The molecule has 1 aromatic heterocycles. The van der Waals surface area contributed by atoms with Crippen LogP contribution in [0, 0.1) is 0 Å². The van der Waals surface area contributed by atoms with Crippen LogP contribution in [0.1, 0.15) is 28.8 Å². The standard InChI is InChI=1S/C46H32N2/c1-3-15-31(16-4-1)33-19-13-21-35(29-33)47-41-27-11-9-25-39(41)43-37-23-7-8-24-38(37)44-40-26-10-12-28-42(40)48(46(44)45(43)47)36-22-14-20-34(30-36)32-17-5-2-6-18-32/h1-30,43,45H. The lowest BCUT2D eigenvalue weighted by molar-refractivity contribution is 0.622. The summed E-state index contributed by atoms with van der Waals surface area (Å²) in [4.78, 5) is 2.62. The van der Waals surface area contributed by atoms with Crippen molar-refractivity contribution < 1.29 is 0 Å². The number of hydrogen-bond acceptors (Lipinski definition) is 1. The highest BCUT2D eigenvalue weighted by Crippen LogP contribution is 2.62. The fourth-order valence-electron chi connectivity index (χ4n) is 8.37. The molecule has 2 aliphatic rings. The molecule has 1 aliphatic heterocycles. The Morgan fingerprint density at radius 3 is 1.73 bits per heavy atom. The molecule has 0 saturated carbocycles. The van der Waals surface area contributed by atoms with E-state index >= 15 is 0 Å². The lowest BCUT2D eigenvalue weighted by Gasteiger charge is -2.37. The van der Waals surface area contributed by atoms with Crippen LogP contribution in [0.5, 0.6) is 0 Å². The molecule has 0 radical (unpaired) electrons. The monoisotopic (exact) mass is 612 g/mol. The van der Waals surface area contributed by atoms with Crippen molar-refractivity contribution in [3.05, 3.63) is 199 Å². The van der Waals surface area contributed by atoms with E-state index in [9.17, 15) is 0 Å². The molecule has 1 aliphatic carbocycles. The Bertz CT molecular complexity index is 2470. The summed E-state index contributed by atoms with van der Waals surface area (Å²) in [5.74, 6) is 0.172. The van der Waals surface area contributed by atoms with E-state index in [4.69, 9.17) is 0 Å². The zero-order valence-corrected chi connectivity index (χ0v) is 26.4. The van der Waals surface area contributed by atoms with Crippen molar-refractivity contribution in [1.29, 1.82) is 0 Å². The number of anilines is 2. The highest BCUT2D eigenvalue weighted by molar-refractivity contribution is 6.03. The van der Waals surface area contributed by atoms with Gasteiger partial charge in [0.2, 0.25) is 0 Å². The number of para-hydroxylation sites is 2. The second-order valence-corrected chi connectivity index (χ2v) is 12.9. The average molecular weight is 613 g/mol. The summed E-state index contributed by atoms with van der Waals surface area (Å²) < 4.78 is 2.56. The van der Waals surface area contributed by atoms with Crippen molar-refractivity contribution in [2.24, 2.45) is 0 Å². The topological polar surface area (TPSA) is 8.17 Å². The molecule has 0 bridgehead atoms. The molecular weight excluding hydrogens is 581 g/mol. The van der Waals surface area contributed by atoms with E-state index in [-0.39, 0.29) is 12.0 Å². The number of aromatic nitrogens is 1. The minimum atomic E-state index is 0.0473. The quantitative estimate of drug-likeness (QED) is 0.192. The molecule has 10 rings (SSSR count). The Morgan fingerprint density at radius 1 is 0.417 bits per heavy atom. The highest BCUT2D eigenvalue weighted by Gasteiger charge is 2.48. The average Bonchev–Trinajstić information content (AvgIpc) is 3.70. The molecule has 0 N–H and O–H groups in total. The zero-order chi connectivity index (χ0) is 31.6. The van der Waals surface area contributed by atoms with Gasteiger partial charge in [-0.1, -0.05) is 146 Å². The van der Waals surface area contributed by atoms with Crippen molar-refractivity contribution in [2.45, 2.75) is 12.0 Å². The van der Waals surface area contributed by atoms with E-state index in [1.54, 1.807) is 0 Å². The van der Waals surface area contributed by atoms with Gasteiger partial charge in [0.15, 0.2) is 0 Å². The third-order valence-corrected chi connectivity index (χ3v) is 10.3. The van der Waals surface area contributed by atoms with Crippen LogP contribution >= 0.6 is 0 Å². The van der Waals surface area contributed by atoms with Gasteiger partial charge in [0.05, 0.1) is 17.3 Å². The number of nitrogens with zero attached hydrogens (tertiary/aromatic N) is 2. The Morgan fingerprint density at radius 2 is 0.979 bits per heavy atom. The first-order valence-electron chi connectivity index (χ1n) is 16.8. The van der Waals surface area contributed by atoms with Gasteiger partial charge < -0.3 is 9.47 Å².